The van der Waals surface area contributed by atoms with Gasteiger partial charge in [-0.2, -0.15) is 0 Å². The molecule has 0 bridgehead atoms. The van der Waals surface area contributed by atoms with Gasteiger partial charge in [0.1, 0.15) is 17.3 Å². The van der Waals surface area contributed by atoms with Crippen LogP contribution < -0.4 is 10.6 Å². The fourth-order valence-electron chi connectivity index (χ4n) is 2.78. The summed E-state index contributed by atoms with van der Waals surface area (Å²) in [6, 6.07) is 9.74. The Hall–Kier alpha value is -1.95. The molecule has 1 aliphatic carbocycles. The van der Waals surface area contributed by atoms with Crippen LogP contribution in [0.5, 0.6) is 0 Å². The van der Waals surface area contributed by atoms with Crippen LogP contribution in [0.25, 0.3) is 0 Å². The lowest BCUT2D eigenvalue weighted by atomic mass is 10.2. The number of aryl methyl sites for hydroxylation is 1. The van der Waals surface area contributed by atoms with Crippen LogP contribution in [0.3, 0.4) is 0 Å². The number of hydrogen-bond donors (Lipinski definition) is 2. The third-order valence-corrected chi connectivity index (χ3v) is 4.59. The van der Waals surface area contributed by atoms with E-state index in [1.165, 1.54) is 12.8 Å². The minimum Gasteiger partial charge on any atom is -0.348 e. The van der Waals surface area contributed by atoms with Gasteiger partial charge < -0.3 is 10.6 Å². The van der Waals surface area contributed by atoms with Crippen LogP contribution in [0.1, 0.15) is 42.0 Å². The van der Waals surface area contributed by atoms with Crippen molar-refractivity contribution >= 4 is 33.3 Å². The first kappa shape index (κ1) is 15.9. The van der Waals surface area contributed by atoms with E-state index >= 15 is 0 Å². The van der Waals surface area contributed by atoms with Crippen molar-refractivity contribution in [1.82, 2.24) is 15.3 Å². The summed E-state index contributed by atoms with van der Waals surface area (Å²) < 4.78 is 0.938. The second-order valence-electron chi connectivity index (χ2n) is 5.75. The van der Waals surface area contributed by atoms with Gasteiger partial charge >= 0.3 is 0 Å². The molecule has 0 unspecified atom stereocenters. The molecule has 120 valence electrons. The van der Waals surface area contributed by atoms with Crippen molar-refractivity contribution in [3.63, 3.8) is 0 Å². The lowest BCUT2D eigenvalue weighted by Crippen LogP contribution is -2.33. The fourth-order valence-corrected chi connectivity index (χ4v) is 3.16. The Morgan fingerprint density at radius 1 is 1.22 bits per heavy atom. The summed E-state index contributed by atoms with van der Waals surface area (Å²) in [6.45, 7) is 1.79. The molecule has 1 amide bonds. The third kappa shape index (κ3) is 4.07. The maximum atomic E-state index is 12.4. The van der Waals surface area contributed by atoms with Crippen molar-refractivity contribution in [2.75, 3.05) is 5.32 Å². The molecule has 0 atom stereocenters. The molecule has 0 aliphatic heterocycles. The molecule has 1 fully saturated rings. The Labute approximate surface area is 144 Å². The zero-order valence-corrected chi connectivity index (χ0v) is 14.6. The van der Waals surface area contributed by atoms with Crippen LogP contribution in [0.15, 0.2) is 34.8 Å². The predicted molar refractivity (Wildman–Crippen MR) is 93.9 cm³/mol. The average molecular weight is 375 g/mol. The molecule has 3 rings (SSSR count). The number of aromatic nitrogens is 2. The van der Waals surface area contributed by atoms with Gasteiger partial charge in [-0.15, -0.1) is 0 Å². The van der Waals surface area contributed by atoms with Crippen molar-refractivity contribution < 1.29 is 4.79 Å². The smallest absolute Gasteiger partial charge is 0.270 e. The van der Waals surface area contributed by atoms with E-state index in [0.29, 0.717) is 17.3 Å². The SMILES string of the molecule is Cc1nc(Nc2ccccc2Br)cc(C(=O)NC2CCCC2)n1. The van der Waals surface area contributed by atoms with Gasteiger partial charge in [0, 0.05) is 16.6 Å². The summed E-state index contributed by atoms with van der Waals surface area (Å²) in [5, 5.41) is 6.28. The normalized spacial score (nSPS) is 14.7. The van der Waals surface area contributed by atoms with Crippen molar-refractivity contribution in [1.29, 1.82) is 0 Å². The summed E-state index contributed by atoms with van der Waals surface area (Å²) >= 11 is 3.49. The Bertz CT molecular complexity index is 713. The van der Waals surface area contributed by atoms with Crippen LogP contribution in [0.4, 0.5) is 11.5 Å². The number of carbonyl (C=O) groups is 1. The van der Waals surface area contributed by atoms with Gasteiger partial charge in [-0.1, -0.05) is 25.0 Å². The highest BCUT2D eigenvalue weighted by atomic mass is 79.9. The second kappa shape index (κ2) is 7.08. The first-order valence-corrected chi connectivity index (χ1v) is 8.59. The van der Waals surface area contributed by atoms with E-state index in [-0.39, 0.29) is 11.9 Å². The van der Waals surface area contributed by atoms with Crippen LogP contribution >= 0.6 is 15.9 Å². The van der Waals surface area contributed by atoms with Crippen LogP contribution in [0, 0.1) is 6.92 Å². The van der Waals surface area contributed by atoms with E-state index in [4.69, 9.17) is 0 Å². The highest BCUT2D eigenvalue weighted by Gasteiger charge is 2.19. The molecule has 2 aromatic rings. The number of hydrogen-bond acceptors (Lipinski definition) is 4. The zero-order valence-electron chi connectivity index (χ0n) is 13.0. The molecule has 0 radical (unpaired) electrons. The summed E-state index contributed by atoms with van der Waals surface area (Å²) in [6.07, 6.45) is 4.47. The highest BCUT2D eigenvalue weighted by Crippen LogP contribution is 2.25. The number of anilines is 2. The van der Waals surface area contributed by atoms with Gasteiger partial charge in [-0.3, -0.25) is 4.79 Å². The van der Waals surface area contributed by atoms with Crippen molar-refractivity contribution in [3.05, 3.63) is 46.3 Å². The Morgan fingerprint density at radius 2 is 1.96 bits per heavy atom. The van der Waals surface area contributed by atoms with Gasteiger partial charge in [-0.25, -0.2) is 9.97 Å². The molecule has 0 spiro atoms. The first-order chi connectivity index (χ1) is 11.1. The standard InChI is InChI=1S/C17H19BrN4O/c1-11-19-15(17(23)21-12-6-2-3-7-12)10-16(20-11)22-14-9-5-4-8-13(14)18/h4-5,8-10,12H,2-3,6-7H2,1H3,(H,21,23)(H,19,20,22). The molecular weight excluding hydrogens is 356 g/mol. The van der Waals surface area contributed by atoms with Crippen LogP contribution in [-0.2, 0) is 0 Å². The number of para-hydroxylation sites is 1. The average Bonchev–Trinajstić information content (AvgIpc) is 3.02. The van der Waals surface area contributed by atoms with Gasteiger partial charge in [0.15, 0.2) is 0 Å². The summed E-state index contributed by atoms with van der Waals surface area (Å²) in [4.78, 5) is 21.0. The van der Waals surface area contributed by atoms with E-state index < -0.39 is 0 Å². The highest BCUT2D eigenvalue weighted by molar-refractivity contribution is 9.10. The molecule has 1 heterocycles. The van der Waals surface area contributed by atoms with E-state index in [1.54, 1.807) is 13.0 Å². The Balaban J connectivity index is 1.78. The fraction of sp³-hybridized carbons (Fsp3) is 0.353. The molecule has 1 aromatic heterocycles. The Kier molecular flexibility index (Phi) is 4.91. The lowest BCUT2D eigenvalue weighted by Gasteiger charge is -2.13. The minimum absolute atomic E-state index is 0.127. The maximum Gasteiger partial charge on any atom is 0.270 e. The molecule has 5 nitrogen and oxygen atoms in total. The topological polar surface area (TPSA) is 66.9 Å². The van der Waals surface area contributed by atoms with E-state index in [0.717, 1.165) is 23.0 Å². The second-order valence-corrected chi connectivity index (χ2v) is 6.60. The molecule has 6 heteroatoms. The molecule has 23 heavy (non-hydrogen) atoms. The van der Waals surface area contributed by atoms with Crippen molar-refractivity contribution in [2.24, 2.45) is 0 Å². The summed E-state index contributed by atoms with van der Waals surface area (Å²) in [5.74, 6) is 1.05. The number of nitrogens with zero attached hydrogens (tertiary/aromatic N) is 2. The molecule has 1 saturated carbocycles. The predicted octanol–water partition coefficient (Wildman–Crippen LogP) is 3.96. The number of carbonyl (C=O) groups excluding carboxylic acids is 1. The van der Waals surface area contributed by atoms with E-state index in [9.17, 15) is 4.79 Å². The number of halogens is 1. The molecule has 0 saturated heterocycles. The number of nitrogens with one attached hydrogen (secondary N) is 2. The zero-order chi connectivity index (χ0) is 16.2. The number of amides is 1. The maximum absolute atomic E-state index is 12.4. The lowest BCUT2D eigenvalue weighted by molar-refractivity contribution is 0.0932. The van der Waals surface area contributed by atoms with Gasteiger partial charge in [-0.05, 0) is 47.8 Å². The van der Waals surface area contributed by atoms with Gasteiger partial charge in [0.2, 0.25) is 0 Å². The van der Waals surface area contributed by atoms with E-state index in [1.807, 2.05) is 24.3 Å². The van der Waals surface area contributed by atoms with Crippen molar-refractivity contribution in [2.45, 2.75) is 38.6 Å². The quantitative estimate of drug-likeness (QED) is 0.849. The molecule has 2 N–H and O–H groups in total. The molecular formula is C17H19BrN4O. The first-order valence-electron chi connectivity index (χ1n) is 7.80. The molecule has 1 aromatic carbocycles. The van der Waals surface area contributed by atoms with Gasteiger partial charge in [0.25, 0.3) is 5.91 Å². The van der Waals surface area contributed by atoms with E-state index in [2.05, 4.69) is 36.5 Å². The number of benzene rings is 1. The Morgan fingerprint density at radius 3 is 2.70 bits per heavy atom. The van der Waals surface area contributed by atoms with Gasteiger partial charge in [0.05, 0.1) is 5.69 Å². The van der Waals surface area contributed by atoms with Crippen LogP contribution in [0.2, 0.25) is 0 Å². The third-order valence-electron chi connectivity index (χ3n) is 3.90. The number of rotatable bonds is 4. The van der Waals surface area contributed by atoms with Crippen molar-refractivity contribution in [3.8, 4) is 0 Å². The summed E-state index contributed by atoms with van der Waals surface area (Å²) in [7, 11) is 0. The minimum atomic E-state index is -0.127. The monoisotopic (exact) mass is 374 g/mol. The summed E-state index contributed by atoms with van der Waals surface area (Å²) in [5.41, 5.74) is 1.30. The largest absolute Gasteiger partial charge is 0.348 e. The van der Waals surface area contributed by atoms with Crippen LogP contribution in [-0.4, -0.2) is 21.9 Å². The molecule has 1 aliphatic rings.